The third-order valence-corrected chi connectivity index (χ3v) is 5.10. The number of Topliss-reactive ketones (excluding diaryl/α,β-unsaturated/α-hetero) is 1. The highest BCUT2D eigenvalue weighted by molar-refractivity contribution is 6.07. The number of nitrogens with zero attached hydrogens (tertiary/aromatic N) is 3. The summed E-state index contributed by atoms with van der Waals surface area (Å²) >= 11 is 0. The molecular weight excluding hydrogens is 362 g/mol. The van der Waals surface area contributed by atoms with Gasteiger partial charge in [0, 0.05) is 23.5 Å². The van der Waals surface area contributed by atoms with Crippen molar-refractivity contribution in [3.63, 3.8) is 0 Å². The van der Waals surface area contributed by atoms with E-state index in [1.807, 2.05) is 18.3 Å². The normalized spacial score (nSPS) is 11.4. The van der Waals surface area contributed by atoms with Crippen molar-refractivity contribution in [2.45, 2.75) is 13.3 Å². The second-order valence-corrected chi connectivity index (χ2v) is 7.59. The number of carbonyl (C=O) groups is 1. The van der Waals surface area contributed by atoms with Gasteiger partial charge in [-0.05, 0) is 69.4 Å². The van der Waals surface area contributed by atoms with Crippen LogP contribution in [0.1, 0.15) is 23.7 Å². The molecule has 6 heteroatoms. The summed E-state index contributed by atoms with van der Waals surface area (Å²) in [5.41, 5.74) is 5.57. The number of hydrogen-bond acceptors (Lipinski definition) is 5. The summed E-state index contributed by atoms with van der Waals surface area (Å²) in [5, 5.41) is 12.6. The van der Waals surface area contributed by atoms with Crippen LogP contribution in [-0.4, -0.2) is 53.0 Å². The summed E-state index contributed by atoms with van der Waals surface area (Å²) in [6.07, 6.45) is 4.49. The third kappa shape index (κ3) is 3.98. The molecule has 0 atom stereocenters. The lowest BCUT2D eigenvalue weighted by Gasteiger charge is -2.15. The number of carbonyl (C=O) groups excluding carboxylic acids is 1. The summed E-state index contributed by atoms with van der Waals surface area (Å²) in [6, 6.07) is 12.4. The molecule has 0 aliphatic carbocycles. The lowest BCUT2D eigenvalue weighted by Crippen LogP contribution is -2.17. The van der Waals surface area contributed by atoms with Gasteiger partial charge in [-0.2, -0.15) is 5.10 Å². The summed E-state index contributed by atoms with van der Waals surface area (Å²) in [4.78, 5) is 18.9. The molecule has 4 aromatic rings. The standard InChI is InChI=1S/C23H25N5O/c1-15(29)20-14-25-22-8-6-17(16-5-7-21-18(11-16)13-26-27-21)12-19(22)23(20)24-9-4-10-28(2)3/h5-8,11-14H,4,9-10H2,1-3H3,(H,24,25)(H,26,27). The molecular formula is C23H25N5O. The van der Waals surface area contributed by atoms with Crippen molar-refractivity contribution in [3.8, 4) is 11.1 Å². The number of aromatic amines is 1. The Labute approximate surface area is 169 Å². The van der Waals surface area contributed by atoms with E-state index in [4.69, 9.17) is 0 Å². The summed E-state index contributed by atoms with van der Waals surface area (Å²) in [5.74, 6) is 0.0136. The average molecular weight is 387 g/mol. The van der Waals surface area contributed by atoms with Gasteiger partial charge in [-0.15, -0.1) is 0 Å². The van der Waals surface area contributed by atoms with Gasteiger partial charge in [0.1, 0.15) is 0 Å². The number of fused-ring (bicyclic) bond motifs is 2. The van der Waals surface area contributed by atoms with E-state index in [-0.39, 0.29) is 5.78 Å². The van der Waals surface area contributed by atoms with E-state index < -0.39 is 0 Å². The van der Waals surface area contributed by atoms with Crippen molar-refractivity contribution in [3.05, 3.63) is 54.4 Å². The smallest absolute Gasteiger partial charge is 0.163 e. The zero-order chi connectivity index (χ0) is 20.4. The van der Waals surface area contributed by atoms with Gasteiger partial charge in [0.15, 0.2) is 5.78 Å². The van der Waals surface area contributed by atoms with Crippen molar-refractivity contribution >= 4 is 33.3 Å². The molecule has 29 heavy (non-hydrogen) atoms. The molecule has 0 unspecified atom stereocenters. The van der Waals surface area contributed by atoms with Gasteiger partial charge >= 0.3 is 0 Å². The van der Waals surface area contributed by atoms with E-state index in [0.29, 0.717) is 5.56 Å². The molecule has 0 aliphatic heterocycles. The van der Waals surface area contributed by atoms with Gasteiger partial charge in [0.2, 0.25) is 0 Å². The fourth-order valence-corrected chi connectivity index (χ4v) is 3.56. The molecule has 0 saturated carbocycles. The topological polar surface area (TPSA) is 73.9 Å². The Kier molecular flexibility index (Phi) is 5.27. The number of benzene rings is 2. The van der Waals surface area contributed by atoms with E-state index >= 15 is 0 Å². The molecule has 6 nitrogen and oxygen atoms in total. The molecule has 2 heterocycles. The van der Waals surface area contributed by atoms with E-state index in [9.17, 15) is 4.79 Å². The van der Waals surface area contributed by atoms with Crippen molar-refractivity contribution in [1.82, 2.24) is 20.1 Å². The van der Waals surface area contributed by atoms with Crippen LogP contribution in [0.2, 0.25) is 0 Å². The first-order chi connectivity index (χ1) is 14.0. The Balaban J connectivity index is 1.76. The van der Waals surface area contributed by atoms with Gasteiger partial charge in [-0.3, -0.25) is 14.9 Å². The summed E-state index contributed by atoms with van der Waals surface area (Å²) in [7, 11) is 4.12. The van der Waals surface area contributed by atoms with Crippen LogP contribution in [0.25, 0.3) is 32.9 Å². The lowest BCUT2D eigenvalue weighted by molar-refractivity contribution is 0.101. The first-order valence-corrected chi connectivity index (χ1v) is 9.79. The monoisotopic (exact) mass is 387 g/mol. The van der Waals surface area contributed by atoms with Gasteiger partial charge in [-0.1, -0.05) is 12.1 Å². The molecule has 0 aliphatic rings. The second-order valence-electron chi connectivity index (χ2n) is 7.59. The maximum atomic E-state index is 12.2. The molecule has 0 spiro atoms. The highest BCUT2D eigenvalue weighted by atomic mass is 16.1. The molecule has 2 aromatic carbocycles. The number of H-pyrrole nitrogens is 1. The predicted octanol–water partition coefficient (Wildman–Crippen LogP) is 4.34. The van der Waals surface area contributed by atoms with E-state index in [1.165, 1.54) is 0 Å². The van der Waals surface area contributed by atoms with Crippen LogP contribution in [0, 0.1) is 0 Å². The average Bonchev–Trinajstić information content (AvgIpc) is 3.18. The molecule has 0 amide bonds. The van der Waals surface area contributed by atoms with Crippen molar-refractivity contribution in [2.75, 3.05) is 32.5 Å². The van der Waals surface area contributed by atoms with Crippen molar-refractivity contribution in [2.24, 2.45) is 0 Å². The Bertz CT molecular complexity index is 1180. The maximum Gasteiger partial charge on any atom is 0.163 e. The Morgan fingerprint density at radius 3 is 2.69 bits per heavy atom. The molecule has 0 saturated heterocycles. The van der Waals surface area contributed by atoms with Crippen LogP contribution in [0.3, 0.4) is 0 Å². The highest BCUT2D eigenvalue weighted by Crippen LogP contribution is 2.32. The molecule has 4 rings (SSSR count). The Morgan fingerprint density at radius 2 is 1.90 bits per heavy atom. The largest absolute Gasteiger partial charge is 0.384 e. The Hall–Kier alpha value is -3.25. The number of aromatic nitrogens is 3. The molecule has 2 N–H and O–H groups in total. The van der Waals surface area contributed by atoms with Crippen LogP contribution in [0.4, 0.5) is 5.69 Å². The van der Waals surface area contributed by atoms with Crippen molar-refractivity contribution in [1.29, 1.82) is 0 Å². The molecule has 0 bridgehead atoms. The van der Waals surface area contributed by atoms with Crippen LogP contribution in [-0.2, 0) is 0 Å². The number of pyridine rings is 1. The zero-order valence-corrected chi connectivity index (χ0v) is 17.0. The second kappa shape index (κ2) is 8.01. The fraction of sp³-hybridized carbons (Fsp3) is 0.261. The van der Waals surface area contributed by atoms with Crippen LogP contribution in [0.15, 0.2) is 48.8 Å². The van der Waals surface area contributed by atoms with Gasteiger partial charge in [-0.25, -0.2) is 0 Å². The number of hydrogen-bond donors (Lipinski definition) is 2. The minimum Gasteiger partial charge on any atom is -0.384 e. The van der Waals surface area contributed by atoms with E-state index in [0.717, 1.165) is 58.1 Å². The van der Waals surface area contributed by atoms with Gasteiger partial charge in [0.05, 0.1) is 28.5 Å². The SMILES string of the molecule is CC(=O)c1cnc2ccc(-c3ccc4[nH]ncc4c3)cc2c1NCCCN(C)C. The summed E-state index contributed by atoms with van der Waals surface area (Å²) < 4.78 is 0. The van der Waals surface area contributed by atoms with Gasteiger partial charge < -0.3 is 10.2 Å². The molecule has 0 radical (unpaired) electrons. The van der Waals surface area contributed by atoms with Crippen LogP contribution >= 0.6 is 0 Å². The van der Waals surface area contributed by atoms with Crippen LogP contribution < -0.4 is 5.32 Å². The number of nitrogens with one attached hydrogen (secondary N) is 2. The highest BCUT2D eigenvalue weighted by Gasteiger charge is 2.13. The zero-order valence-electron chi connectivity index (χ0n) is 17.0. The third-order valence-electron chi connectivity index (χ3n) is 5.10. The quantitative estimate of drug-likeness (QED) is 0.364. The minimum atomic E-state index is 0.0136. The molecule has 148 valence electrons. The van der Waals surface area contributed by atoms with E-state index in [2.05, 4.69) is 63.8 Å². The first-order valence-electron chi connectivity index (χ1n) is 9.79. The predicted molar refractivity (Wildman–Crippen MR) is 118 cm³/mol. The number of anilines is 1. The molecule has 2 aromatic heterocycles. The lowest BCUT2D eigenvalue weighted by atomic mass is 9.99. The first kappa shape index (κ1) is 19.1. The van der Waals surface area contributed by atoms with Crippen molar-refractivity contribution < 1.29 is 4.79 Å². The summed E-state index contributed by atoms with van der Waals surface area (Å²) in [6.45, 7) is 3.37. The molecule has 0 fully saturated rings. The van der Waals surface area contributed by atoms with Gasteiger partial charge in [0.25, 0.3) is 0 Å². The minimum absolute atomic E-state index is 0.0136. The Morgan fingerprint density at radius 1 is 1.10 bits per heavy atom. The van der Waals surface area contributed by atoms with E-state index in [1.54, 1.807) is 13.1 Å². The number of ketones is 1. The number of rotatable bonds is 7. The maximum absolute atomic E-state index is 12.2. The fourth-order valence-electron chi connectivity index (χ4n) is 3.56. The van der Waals surface area contributed by atoms with Crippen LogP contribution in [0.5, 0.6) is 0 Å².